The molecule has 0 saturated heterocycles. The summed E-state index contributed by atoms with van der Waals surface area (Å²) in [4.78, 5) is 24.0. The summed E-state index contributed by atoms with van der Waals surface area (Å²) in [5, 5.41) is 0. The summed E-state index contributed by atoms with van der Waals surface area (Å²) in [5.74, 6) is -0.232. The molecule has 0 saturated carbocycles. The molecule has 0 aliphatic rings. The number of benzene rings is 3. The number of carbonyl (C=O) groups excluding carboxylic acids is 2. The molecule has 5 nitrogen and oxygen atoms in total. The van der Waals surface area contributed by atoms with Crippen LogP contribution in [0.4, 0.5) is 0 Å². The maximum atomic E-state index is 12.0. The molecule has 2 N–H and O–H groups in total. The van der Waals surface area contributed by atoms with Crippen molar-refractivity contribution in [3.05, 3.63) is 88.0 Å². The van der Waals surface area contributed by atoms with Gasteiger partial charge in [0.15, 0.2) is 6.61 Å². The van der Waals surface area contributed by atoms with Crippen LogP contribution in [0.1, 0.15) is 10.4 Å². The van der Waals surface area contributed by atoms with E-state index in [0.717, 1.165) is 14.7 Å². The van der Waals surface area contributed by atoms with Crippen molar-refractivity contribution in [2.24, 2.45) is 0 Å². The lowest BCUT2D eigenvalue weighted by Gasteiger charge is -2.12. The van der Waals surface area contributed by atoms with Gasteiger partial charge in [-0.25, -0.2) is 0 Å². The largest absolute Gasteiger partial charge is 0.483 e. The highest BCUT2D eigenvalue weighted by Crippen LogP contribution is 2.29. The Morgan fingerprint density at radius 3 is 2.22 bits per heavy atom. The molecule has 136 valence electrons. The molecule has 0 radical (unpaired) electrons. The third-order valence-corrected chi connectivity index (χ3v) is 4.47. The molecule has 0 bridgehead atoms. The Morgan fingerprint density at radius 2 is 1.48 bits per heavy atom. The van der Waals surface area contributed by atoms with Crippen LogP contribution in [0.2, 0.25) is 0 Å². The van der Waals surface area contributed by atoms with Crippen LogP contribution in [0.3, 0.4) is 0 Å². The summed E-state index contributed by atoms with van der Waals surface area (Å²) in [6, 6.07) is 24.3. The zero-order valence-electron chi connectivity index (χ0n) is 14.3. The molecule has 0 unspecified atom stereocenters. The van der Waals surface area contributed by atoms with Gasteiger partial charge in [0, 0.05) is 14.7 Å². The zero-order valence-corrected chi connectivity index (χ0v) is 16.5. The van der Waals surface area contributed by atoms with Crippen molar-refractivity contribution in [1.29, 1.82) is 0 Å². The average molecular weight is 472 g/mol. The number of nitrogens with one attached hydrogen (secondary N) is 2. The molecular formula is C21H17IN2O3. The van der Waals surface area contributed by atoms with Gasteiger partial charge in [0.2, 0.25) is 0 Å². The Balaban J connectivity index is 1.55. The number of carbonyl (C=O) groups is 2. The van der Waals surface area contributed by atoms with E-state index in [2.05, 4.69) is 33.4 Å². The van der Waals surface area contributed by atoms with Crippen molar-refractivity contribution in [2.75, 3.05) is 6.61 Å². The van der Waals surface area contributed by atoms with Crippen LogP contribution in [0.15, 0.2) is 78.9 Å². The van der Waals surface area contributed by atoms with Crippen LogP contribution >= 0.6 is 22.6 Å². The normalized spacial score (nSPS) is 10.1. The molecule has 0 aliphatic carbocycles. The first-order chi connectivity index (χ1) is 13.1. The molecule has 0 aliphatic heterocycles. The van der Waals surface area contributed by atoms with Crippen molar-refractivity contribution in [3.8, 4) is 16.9 Å². The summed E-state index contributed by atoms with van der Waals surface area (Å²) in [6.07, 6.45) is 0. The Morgan fingerprint density at radius 1 is 0.815 bits per heavy atom. The quantitative estimate of drug-likeness (QED) is 0.439. The molecule has 3 rings (SSSR count). The summed E-state index contributed by atoms with van der Waals surface area (Å²) in [5.41, 5.74) is 7.10. The van der Waals surface area contributed by atoms with Crippen LogP contribution in [-0.4, -0.2) is 18.4 Å². The Bertz CT molecular complexity index is 928. The lowest BCUT2D eigenvalue weighted by atomic mass is 10.1. The van der Waals surface area contributed by atoms with Crippen molar-refractivity contribution < 1.29 is 14.3 Å². The Hall–Kier alpha value is -2.87. The van der Waals surface area contributed by atoms with Crippen molar-refractivity contribution >= 4 is 34.4 Å². The highest BCUT2D eigenvalue weighted by atomic mass is 127. The van der Waals surface area contributed by atoms with E-state index in [0.29, 0.717) is 11.3 Å². The predicted molar refractivity (Wildman–Crippen MR) is 112 cm³/mol. The number of halogens is 1. The minimum absolute atomic E-state index is 0.211. The molecule has 0 fully saturated rings. The smallest absolute Gasteiger partial charge is 0.276 e. The fraction of sp³-hybridized carbons (Fsp3) is 0.0476. The number of rotatable bonds is 5. The van der Waals surface area contributed by atoms with Crippen molar-refractivity contribution in [3.63, 3.8) is 0 Å². The molecule has 3 aromatic carbocycles. The lowest BCUT2D eigenvalue weighted by molar-refractivity contribution is -0.123. The van der Waals surface area contributed by atoms with Crippen molar-refractivity contribution in [1.82, 2.24) is 10.9 Å². The van der Waals surface area contributed by atoms with Gasteiger partial charge in [-0.2, -0.15) is 0 Å². The van der Waals surface area contributed by atoms with Crippen LogP contribution in [0.25, 0.3) is 11.1 Å². The fourth-order valence-electron chi connectivity index (χ4n) is 2.43. The molecule has 6 heteroatoms. The topological polar surface area (TPSA) is 67.4 Å². The molecule has 3 aromatic rings. The second-order valence-corrected chi connectivity index (χ2v) is 6.91. The zero-order chi connectivity index (χ0) is 19.1. The first-order valence-corrected chi connectivity index (χ1v) is 9.33. The molecule has 0 spiro atoms. The second kappa shape index (κ2) is 9.18. The number of hydrogen-bond acceptors (Lipinski definition) is 3. The Labute approximate surface area is 170 Å². The summed E-state index contributed by atoms with van der Waals surface area (Å²) in [6.45, 7) is -0.211. The van der Waals surface area contributed by atoms with Crippen molar-refractivity contribution in [2.45, 2.75) is 0 Å². The summed E-state index contributed by atoms with van der Waals surface area (Å²) < 4.78 is 6.67. The van der Waals surface area contributed by atoms with E-state index in [4.69, 9.17) is 4.74 Å². The first kappa shape index (κ1) is 18.9. The number of ether oxygens (including phenoxy) is 1. The standard InChI is InChI=1S/C21H17IN2O3/c22-17-12-10-16(11-13-17)21(26)24-23-20(25)14-27-19-9-5-4-8-18(19)15-6-2-1-3-7-15/h1-13H,14H2,(H,23,25)(H,24,26). The second-order valence-electron chi connectivity index (χ2n) is 5.66. The summed E-state index contributed by atoms with van der Waals surface area (Å²) in [7, 11) is 0. The summed E-state index contributed by atoms with van der Waals surface area (Å²) >= 11 is 2.16. The monoisotopic (exact) mass is 472 g/mol. The minimum atomic E-state index is -0.447. The highest BCUT2D eigenvalue weighted by molar-refractivity contribution is 14.1. The molecule has 0 aromatic heterocycles. The van der Waals surface area contributed by atoms with E-state index in [9.17, 15) is 9.59 Å². The highest BCUT2D eigenvalue weighted by Gasteiger charge is 2.10. The molecule has 0 atom stereocenters. The number of amides is 2. The predicted octanol–water partition coefficient (Wildman–Crippen LogP) is 3.80. The number of hydrazine groups is 1. The van der Waals surface area contributed by atoms with E-state index in [1.807, 2.05) is 60.7 Å². The van der Waals surface area contributed by atoms with Gasteiger partial charge in [-0.15, -0.1) is 0 Å². The molecule has 0 heterocycles. The van der Waals surface area contributed by atoms with Gasteiger partial charge in [0.05, 0.1) is 0 Å². The van der Waals surface area contributed by atoms with E-state index in [1.54, 1.807) is 18.2 Å². The van der Waals surface area contributed by atoms with E-state index < -0.39 is 5.91 Å². The minimum Gasteiger partial charge on any atom is -0.483 e. The van der Waals surface area contributed by atoms with Crippen LogP contribution in [0.5, 0.6) is 5.75 Å². The molecular weight excluding hydrogens is 455 g/mol. The first-order valence-electron chi connectivity index (χ1n) is 8.25. The molecule has 27 heavy (non-hydrogen) atoms. The van der Waals surface area contributed by atoms with Gasteiger partial charge in [-0.3, -0.25) is 20.4 Å². The lowest BCUT2D eigenvalue weighted by Crippen LogP contribution is -2.43. The van der Waals surface area contributed by atoms with Gasteiger partial charge in [-0.05, 0) is 58.5 Å². The maximum Gasteiger partial charge on any atom is 0.276 e. The van der Waals surface area contributed by atoms with Crippen LogP contribution in [-0.2, 0) is 4.79 Å². The molecule has 2 amide bonds. The van der Waals surface area contributed by atoms with E-state index in [1.165, 1.54) is 0 Å². The number of para-hydroxylation sites is 1. The van der Waals surface area contributed by atoms with Gasteiger partial charge in [-0.1, -0.05) is 48.5 Å². The van der Waals surface area contributed by atoms with Gasteiger partial charge in [0.25, 0.3) is 11.8 Å². The van der Waals surface area contributed by atoms with E-state index >= 15 is 0 Å². The third kappa shape index (κ3) is 5.30. The van der Waals surface area contributed by atoms with Gasteiger partial charge in [0.1, 0.15) is 5.75 Å². The number of hydrogen-bond donors (Lipinski definition) is 2. The van der Waals surface area contributed by atoms with Crippen LogP contribution < -0.4 is 15.6 Å². The van der Waals surface area contributed by atoms with Crippen LogP contribution in [0, 0.1) is 3.57 Å². The van der Waals surface area contributed by atoms with Gasteiger partial charge < -0.3 is 4.74 Å². The van der Waals surface area contributed by atoms with Gasteiger partial charge >= 0.3 is 0 Å². The maximum absolute atomic E-state index is 12.0. The van der Waals surface area contributed by atoms with E-state index in [-0.39, 0.29) is 12.5 Å². The Kier molecular flexibility index (Phi) is 6.43. The third-order valence-electron chi connectivity index (χ3n) is 3.75. The SMILES string of the molecule is O=C(COc1ccccc1-c1ccccc1)NNC(=O)c1ccc(I)cc1. The fourth-order valence-corrected chi connectivity index (χ4v) is 2.79. The average Bonchev–Trinajstić information content (AvgIpc) is 2.72.